The molecule has 1 heterocycles. The van der Waals surface area contributed by atoms with Gasteiger partial charge in [0.15, 0.2) is 4.90 Å². The molecule has 1 aromatic carbocycles. The van der Waals surface area contributed by atoms with Gasteiger partial charge in [-0.15, -0.1) is 0 Å². The summed E-state index contributed by atoms with van der Waals surface area (Å²) in [5.74, 6) is -1.19. The highest BCUT2D eigenvalue weighted by molar-refractivity contribution is 7.89. The summed E-state index contributed by atoms with van der Waals surface area (Å²) in [5.41, 5.74) is -0.715. The van der Waals surface area contributed by atoms with Crippen LogP contribution in [0.5, 0.6) is 0 Å². The second-order valence-electron chi connectivity index (χ2n) is 5.44. The number of benzene rings is 1. The summed E-state index contributed by atoms with van der Waals surface area (Å²) in [6.07, 6.45) is -0.336. The average Bonchev–Trinajstić information content (AvgIpc) is 2.72. The summed E-state index contributed by atoms with van der Waals surface area (Å²) < 4.78 is 26.9. The molecule has 0 bridgehead atoms. The number of sulfonamides is 1. The molecule has 11 heteroatoms. The Bertz CT molecular complexity index is 823. The third-order valence-corrected chi connectivity index (χ3v) is 5.16. The number of likely N-dealkylation sites (tertiary alicyclic amines) is 1. The van der Waals surface area contributed by atoms with Gasteiger partial charge in [0.2, 0.25) is 21.8 Å². The number of hydrogen-bond acceptors (Lipinski definition) is 6. The van der Waals surface area contributed by atoms with Crippen molar-refractivity contribution in [3.63, 3.8) is 0 Å². The minimum Gasteiger partial charge on any atom is -0.279 e. The number of nitro benzene ring substituents is 1. The molecule has 0 saturated carbocycles. The van der Waals surface area contributed by atoms with E-state index in [1.165, 1.54) is 6.07 Å². The van der Waals surface area contributed by atoms with Crippen molar-refractivity contribution in [3.8, 4) is 0 Å². The number of nitrogens with one attached hydrogen (secondary N) is 1. The Morgan fingerprint density at radius 2 is 2.00 bits per heavy atom. The lowest BCUT2D eigenvalue weighted by atomic mass is 10.3. The van der Waals surface area contributed by atoms with Crippen molar-refractivity contribution < 1.29 is 22.9 Å². The lowest BCUT2D eigenvalue weighted by Gasteiger charge is -2.19. The fourth-order valence-electron chi connectivity index (χ4n) is 2.40. The summed E-state index contributed by atoms with van der Waals surface area (Å²) in [6, 6.07) is 1.36. The van der Waals surface area contributed by atoms with E-state index in [1.807, 2.05) is 0 Å². The SMILES string of the molecule is CC(C)N1C(=O)C[C@H](NS(=O)(=O)c2ccc(Cl)cc2[N+](=O)[O-])C1=O. The Morgan fingerprint density at radius 1 is 1.38 bits per heavy atom. The predicted octanol–water partition coefficient (Wildman–Crippen LogP) is 1.06. The molecule has 130 valence electrons. The van der Waals surface area contributed by atoms with E-state index < -0.39 is 49.4 Å². The van der Waals surface area contributed by atoms with Crippen molar-refractivity contribution in [1.82, 2.24) is 9.62 Å². The molecule has 1 aliphatic rings. The van der Waals surface area contributed by atoms with E-state index in [-0.39, 0.29) is 11.4 Å². The Kier molecular flexibility index (Phi) is 4.92. The fourth-order valence-corrected chi connectivity index (χ4v) is 3.90. The maximum Gasteiger partial charge on any atom is 0.290 e. The minimum absolute atomic E-state index is 0.00115. The number of nitrogens with zero attached hydrogens (tertiary/aromatic N) is 2. The maximum atomic E-state index is 12.4. The summed E-state index contributed by atoms with van der Waals surface area (Å²) in [7, 11) is -4.39. The van der Waals surface area contributed by atoms with Crippen LogP contribution in [0.25, 0.3) is 0 Å². The van der Waals surface area contributed by atoms with Crippen molar-refractivity contribution in [2.24, 2.45) is 0 Å². The van der Waals surface area contributed by atoms with E-state index in [1.54, 1.807) is 13.8 Å². The van der Waals surface area contributed by atoms with Gasteiger partial charge in [-0.1, -0.05) is 11.6 Å². The number of imide groups is 1. The molecule has 1 atom stereocenters. The number of rotatable bonds is 5. The van der Waals surface area contributed by atoms with Crippen molar-refractivity contribution >= 4 is 39.1 Å². The van der Waals surface area contributed by atoms with Crippen LogP contribution in [0.4, 0.5) is 5.69 Å². The number of amides is 2. The molecule has 2 rings (SSSR count). The Labute approximate surface area is 142 Å². The molecule has 9 nitrogen and oxygen atoms in total. The molecule has 0 aliphatic carbocycles. The van der Waals surface area contributed by atoms with E-state index >= 15 is 0 Å². The molecule has 1 aliphatic heterocycles. The number of nitro groups is 1. The van der Waals surface area contributed by atoms with Gasteiger partial charge in [0, 0.05) is 17.1 Å². The molecule has 2 amide bonds. The lowest BCUT2D eigenvalue weighted by molar-refractivity contribution is -0.387. The van der Waals surface area contributed by atoms with Gasteiger partial charge in [-0.25, -0.2) is 8.42 Å². The van der Waals surface area contributed by atoms with Gasteiger partial charge < -0.3 is 0 Å². The first-order valence-corrected chi connectivity index (χ1v) is 8.73. The van der Waals surface area contributed by atoms with Crippen molar-refractivity contribution in [2.75, 3.05) is 0 Å². The van der Waals surface area contributed by atoms with Crippen LogP contribution in [-0.4, -0.2) is 42.1 Å². The third kappa shape index (κ3) is 3.40. The average molecular weight is 376 g/mol. The first-order valence-electron chi connectivity index (χ1n) is 6.86. The first-order chi connectivity index (χ1) is 11.0. The number of carbonyl (C=O) groups excluding carboxylic acids is 2. The van der Waals surface area contributed by atoms with Gasteiger partial charge in [-0.2, -0.15) is 4.72 Å². The zero-order chi connectivity index (χ0) is 18.2. The Morgan fingerprint density at radius 3 is 2.50 bits per heavy atom. The van der Waals surface area contributed by atoms with Crippen LogP contribution < -0.4 is 4.72 Å². The molecule has 0 unspecified atom stereocenters. The second kappa shape index (κ2) is 6.46. The molecule has 0 spiro atoms. The zero-order valence-corrected chi connectivity index (χ0v) is 14.3. The fraction of sp³-hybridized carbons (Fsp3) is 0.385. The van der Waals surface area contributed by atoms with Crippen molar-refractivity contribution in [2.45, 2.75) is 37.2 Å². The summed E-state index contributed by atoms with van der Waals surface area (Å²) in [5, 5.41) is 11.0. The summed E-state index contributed by atoms with van der Waals surface area (Å²) in [6.45, 7) is 3.24. The standard InChI is InChI=1S/C13H14ClN3O6S/c1-7(2)16-12(18)6-9(13(16)19)15-24(22,23)11-4-3-8(14)5-10(11)17(20)21/h3-5,7,9,15H,6H2,1-2H3/t9-/m0/s1. The summed E-state index contributed by atoms with van der Waals surface area (Å²) >= 11 is 5.65. The van der Waals surface area contributed by atoms with E-state index in [4.69, 9.17) is 11.6 Å². The normalized spacial score (nSPS) is 18.5. The third-order valence-electron chi connectivity index (χ3n) is 3.40. The topological polar surface area (TPSA) is 127 Å². The molecule has 0 aromatic heterocycles. The molecule has 24 heavy (non-hydrogen) atoms. The zero-order valence-electron chi connectivity index (χ0n) is 12.7. The molecule has 0 radical (unpaired) electrons. The predicted molar refractivity (Wildman–Crippen MR) is 83.8 cm³/mol. The van der Waals surface area contributed by atoms with Gasteiger partial charge in [0.05, 0.1) is 11.3 Å². The highest BCUT2D eigenvalue weighted by atomic mass is 35.5. The van der Waals surface area contributed by atoms with Crippen LogP contribution in [-0.2, 0) is 19.6 Å². The van der Waals surface area contributed by atoms with Crippen LogP contribution in [0.1, 0.15) is 20.3 Å². The monoisotopic (exact) mass is 375 g/mol. The van der Waals surface area contributed by atoms with Gasteiger partial charge in [0.25, 0.3) is 5.69 Å². The van der Waals surface area contributed by atoms with E-state index in [2.05, 4.69) is 4.72 Å². The van der Waals surface area contributed by atoms with E-state index in [9.17, 15) is 28.1 Å². The van der Waals surface area contributed by atoms with Gasteiger partial charge >= 0.3 is 0 Å². The van der Waals surface area contributed by atoms with Crippen LogP contribution in [0, 0.1) is 10.1 Å². The number of carbonyl (C=O) groups is 2. The molecule has 1 aromatic rings. The van der Waals surface area contributed by atoms with E-state index in [0.717, 1.165) is 17.0 Å². The van der Waals surface area contributed by atoms with E-state index in [0.29, 0.717) is 0 Å². The molecule has 1 N–H and O–H groups in total. The van der Waals surface area contributed by atoms with Crippen molar-refractivity contribution in [1.29, 1.82) is 0 Å². The Hall–Kier alpha value is -2.04. The minimum atomic E-state index is -4.39. The van der Waals surface area contributed by atoms with Crippen LogP contribution in [0.3, 0.4) is 0 Å². The van der Waals surface area contributed by atoms with Crippen LogP contribution >= 0.6 is 11.6 Å². The van der Waals surface area contributed by atoms with Gasteiger partial charge in [-0.05, 0) is 26.0 Å². The highest BCUT2D eigenvalue weighted by Gasteiger charge is 2.42. The first kappa shape index (κ1) is 18.3. The Balaban J connectivity index is 2.35. The molecular formula is C13H14ClN3O6S. The maximum absolute atomic E-state index is 12.4. The van der Waals surface area contributed by atoms with Crippen molar-refractivity contribution in [3.05, 3.63) is 33.3 Å². The lowest BCUT2D eigenvalue weighted by Crippen LogP contribution is -2.43. The number of hydrogen-bond donors (Lipinski definition) is 1. The van der Waals surface area contributed by atoms with Crippen LogP contribution in [0.15, 0.2) is 23.1 Å². The van der Waals surface area contributed by atoms with Gasteiger partial charge in [0.1, 0.15) is 6.04 Å². The quantitative estimate of drug-likeness (QED) is 0.465. The highest BCUT2D eigenvalue weighted by Crippen LogP contribution is 2.28. The summed E-state index contributed by atoms with van der Waals surface area (Å²) in [4.78, 5) is 34.5. The van der Waals surface area contributed by atoms with Gasteiger partial charge in [-0.3, -0.25) is 24.6 Å². The van der Waals surface area contributed by atoms with Crippen LogP contribution in [0.2, 0.25) is 5.02 Å². The molecular weight excluding hydrogens is 362 g/mol. The largest absolute Gasteiger partial charge is 0.290 e. The molecule has 1 fully saturated rings. The molecule has 1 saturated heterocycles. The second-order valence-corrected chi connectivity index (χ2v) is 7.56. The number of halogens is 1. The smallest absolute Gasteiger partial charge is 0.279 e.